The van der Waals surface area contributed by atoms with E-state index in [4.69, 9.17) is 0 Å². The van der Waals surface area contributed by atoms with Gasteiger partial charge in [-0.05, 0) is 53.6 Å². The summed E-state index contributed by atoms with van der Waals surface area (Å²) >= 11 is 1.67. The molecule has 19 heavy (non-hydrogen) atoms. The summed E-state index contributed by atoms with van der Waals surface area (Å²) in [5.74, 6) is 0. The molecule has 0 radical (unpaired) electrons. The third-order valence-electron chi connectivity index (χ3n) is 2.61. The van der Waals surface area contributed by atoms with Gasteiger partial charge in [0.15, 0.2) is 0 Å². The van der Waals surface area contributed by atoms with Crippen molar-refractivity contribution in [2.45, 2.75) is 13.0 Å². The van der Waals surface area contributed by atoms with Crippen LogP contribution in [0.3, 0.4) is 0 Å². The van der Waals surface area contributed by atoms with Crippen molar-refractivity contribution < 1.29 is 8.42 Å². The maximum absolute atomic E-state index is 11.1. The second-order valence-corrected chi connectivity index (χ2v) is 6.90. The molecule has 0 fully saturated rings. The molecule has 102 valence electrons. The van der Waals surface area contributed by atoms with E-state index in [1.807, 2.05) is 17.5 Å². The summed E-state index contributed by atoms with van der Waals surface area (Å²) in [7, 11) is -3.22. The van der Waals surface area contributed by atoms with Crippen molar-refractivity contribution in [3.8, 4) is 0 Å². The molecule has 0 aliphatic rings. The van der Waals surface area contributed by atoms with Gasteiger partial charge in [-0.25, -0.2) is 8.42 Å². The Kier molecular flexibility index (Phi) is 4.11. The molecule has 0 aliphatic carbocycles. The first-order valence-electron chi connectivity index (χ1n) is 5.80. The summed E-state index contributed by atoms with van der Waals surface area (Å²) in [6, 6.07) is 9.50. The van der Waals surface area contributed by atoms with Gasteiger partial charge in [0.1, 0.15) is 0 Å². The van der Waals surface area contributed by atoms with Gasteiger partial charge in [0.05, 0.1) is 6.26 Å². The van der Waals surface area contributed by atoms with Gasteiger partial charge in [0, 0.05) is 17.4 Å². The minimum Gasteiger partial charge on any atom is -0.378 e. The summed E-state index contributed by atoms with van der Waals surface area (Å²) < 4.78 is 24.6. The van der Waals surface area contributed by atoms with E-state index in [1.165, 1.54) is 5.56 Å². The molecule has 2 N–H and O–H groups in total. The van der Waals surface area contributed by atoms with Crippen LogP contribution >= 0.6 is 11.3 Å². The van der Waals surface area contributed by atoms with Crippen LogP contribution in [0.25, 0.3) is 0 Å². The first-order chi connectivity index (χ1) is 8.94. The first-order valence-corrected chi connectivity index (χ1v) is 8.64. The maximum Gasteiger partial charge on any atom is 0.229 e. The summed E-state index contributed by atoms with van der Waals surface area (Å²) in [6.07, 6.45) is 1.14. The molecular weight excluding hydrogens is 280 g/mol. The van der Waals surface area contributed by atoms with Crippen molar-refractivity contribution in [3.63, 3.8) is 0 Å². The van der Waals surface area contributed by atoms with Crippen LogP contribution in [0.1, 0.15) is 18.5 Å². The number of sulfonamides is 1. The Hall–Kier alpha value is -1.53. The molecule has 1 aromatic heterocycles. The summed E-state index contributed by atoms with van der Waals surface area (Å²) in [4.78, 5) is 0. The number of hydrogen-bond acceptors (Lipinski definition) is 4. The molecule has 6 heteroatoms. The van der Waals surface area contributed by atoms with Crippen molar-refractivity contribution in [1.82, 2.24) is 0 Å². The van der Waals surface area contributed by atoms with E-state index < -0.39 is 10.0 Å². The lowest BCUT2D eigenvalue weighted by molar-refractivity contribution is 0.607. The zero-order valence-corrected chi connectivity index (χ0v) is 12.4. The van der Waals surface area contributed by atoms with Gasteiger partial charge in [-0.1, -0.05) is 0 Å². The number of thiophene rings is 1. The van der Waals surface area contributed by atoms with Crippen LogP contribution < -0.4 is 10.0 Å². The molecular formula is C13H16N2O2S2. The van der Waals surface area contributed by atoms with Crippen LogP contribution in [0.4, 0.5) is 11.4 Å². The Labute approximate surface area is 117 Å². The average molecular weight is 296 g/mol. The third kappa shape index (κ3) is 4.25. The van der Waals surface area contributed by atoms with Crippen molar-refractivity contribution in [3.05, 3.63) is 46.7 Å². The van der Waals surface area contributed by atoms with E-state index in [0.29, 0.717) is 5.69 Å². The highest BCUT2D eigenvalue weighted by Gasteiger charge is 2.06. The Morgan fingerprint density at radius 1 is 1.11 bits per heavy atom. The molecule has 0 bridgehead atoms. The predicted molar refractivity (Wildman–Crippen MR) is 81.3 cm³/mol. The van der Waals surface area contributed by atoms with Crippen molar-refractivity contribution in [1.29, 1.82) is 0 Å². The van der Waals surface area contributed by atoms with E-state index in [9.17, 15) is 8.42 Å². The van der Waals surface area contributed by atoms with Crippen LogP contribution in [-0.2, 0) is 10.0 Å². The number of rotatable bonds is 5. The highest BCUT2D eigenvalue weighted by atomic mass is 32.2. The van der Waals surface area contributed by atoms with Gasteiger partial charge in [-0.2, -0.15) is 11.3 Å². The second-order valence-electron chi connectivity index (χ2n) is 4.37. The van der Waals surface area contributed by atoms with Gasteiger partial charge in [-0.15, -0.1) is 0 Å². The fourth-order valence-corrected chi connectivity index (χ4v) is 3.02. The molecule has 0 aliphatic heterocycles. The summed E-state index contributed by atoms with van der Waals surface area (Å²) in [6.45, 7) is 2.09. The molecule has 2 rings (SSSR count). The highest BCUT2D eigenvalue weighted by molar-refractivity contribution is 7.92. The smallest absolute Gasteiger partial charge is 0.229 e. The minimum atomic E-state index is -3.22. The van der Waals surface area contributed by atoms with Crippen molar-refractivity contribution >= 4 is 32.7 Å². The molecule has 1 unspecified atom stereocenters. The van der Waals surface area contributed by atoms with E-state index in [-0.39, 0.29) is 6.04 Å². The van der Waals surface area contributed by atoms with Gasteiger partial charge in [0.25, 0.3) is 0 Å². The quantitative estimate of drug-likeness (QED) is 0.890. The first kappa shape index (κ1) is 13.9. The van der Waals surface area contributed by atoms with E-state index in [1.54, 1.807) is 23.5 Å². The summed E-state index contributed by atoms with van der Waals surface area (Å²) in [5.41, 5.74) is 2.76. The van der Waals surface area contributed by atoms with Gasteiger partial charge >= 0.3 is 0 Å². The number of hydrogen-bond donors (Lipinski definition) is 2. The number of benzene rings is 1. The molecule has 0 saturated carbocycles. The third-order valence-corrected chi connectivity index (χ3v) is 3.92. The Balaban J connectivity index is 2.03. The lowest BCUT2D eigenvalue weighted by atomic mass is 10.1. The number of nitrogens with one attached hydrogen (secondary N) is 2. The topological polar surface area (TPSA) is 58.2 Å². The fraction of sp³-hybridized carbons (Fsp3) is 0.231. The highest BCUT2D eigenvalue weighted by Crippen LogP contribution is 2.22. The fourth-order valence-electron chi connectivity index (χ4n) is 1.70. The molecule has 1 atom stereocenters. The largest absolute Gasteiger partial charge is 0.378 e. The Bertz CT molecular complexity index is 619. The zero-order chi connectivity index (χ0) is 13.9. The molecule has 2 aromatic rings. The predicted octanol–water partition coefficient (Wildman–Crippen LogP) is 3.29. The molecule has 0 saturated heterocycles. The molecule has 1 aromatic carbocycles. The molecule has 4 nitrogen and oxygen atoms in total. The standard InChI is InChI=1S/C13H16N2O2S2/c1-10(11-7-8-18-9-11)14-12-3-5-13(6-4-12)15-19(2,16)17/h3-10,14-15H,1-2H3. The maximum atomic E-state index is 11.1. The normalized spacial score (nSPS) is 12.9. The lowest BCUT2D eigenvalue weighted by Gasteiger charge is -2.14. The van der Waals surface area contributed by atoms with E-state index >= 15 is 0 Å². The van der Waals surface area contributed by atoms with Crippen LogP contribution in [0.2, 0.25) is 0 Å². The van der Waals surface area contributed by atoms with Crippen LogP contribution in [0, 0.1) is 0 Å². The van der Waals surface area contributed by atoms with E-state index in [2.05, 4.69) is 28.4 Å². The van der Waals surface area contributed by atoms with Crippen molar-refractivity contribution in [2.75, 3.05) is 16.3 Å². The van der Waals surface area contributed by atoms with Crippen LogP contribution in [0.5, 0.6) is 0 Å². The van der Waals surface area contributed by atoms with E-state index in [0.717, 1.165) is 11.9 Å². The Morgan fingerprint density at radius 2 is 1.74 bits per heavy atom. The lowest BCUT2D eigenvalue weighted by Crippen LogP contribution is -2.09. The number of anilines is 2. The Morgan fingerprint density at radius 3 is 2.26 bits per heavy atom. The second kappa shape index (κ2) is 5.63. The SMILES string of the molecule is CC(Nc1ccc(NS(C)(=O)=O)cc1)c1ccsc1. The van der Waals surface area contributed by atoms with Gasteiger partial charge < -0.3 is 5.32 Å². The van der Waals surface area contributed by atoms with Crippen LogP contribution in [-0.4, -0.2) is 14.7 Å². The average Bonchev–Trinajstić information content (AvgIpc) is 2.83. The monoisotopic (exact) mass is 296 g/mol. The van der Waals surface area contributed by atoms with Crippen molar-refractivity contribution in [2.24, 2.45) is 0 Å². The van der Waals surface area contributed by atoms with Gasteiger partial charge in [-0.3, -0.25) is 4.72 Å². The molecule has 1 heterocycles. The molecule has 0 spiro atoms. The minimum absolute atomic E-state index is 0.222. The molecule has 0 amide bonds. The summed E-state index contributed by atoms with van der Waals surface area (Å²) in [5, 5.41) is 7.52. The zero-order valence-electron chi connectivity index (χ0n) is 10.8. The van der Waals surface area contributed by atoms with Gasteiger partial charge in [0.2, 0.25) is 10.0 Å². The van der Waals surface area contributed by atoms with Crippen LogP contribution in [0.15, 0.2) is 41.1 Å².